The number of rotatable bonds is 7. The minimum atomic E-state index is -1.18. The number of nitrogens with zero attached hydrogens (tertiary/aromatic N) is 1. The Labute approximate surface area is 147 Å². The monoisotopic (exact) mass is 339 g/mol. The van der Waals surface area contributed by atoms with Crippen LogP contribution in [0.15, 0.2) is 59.6 Å². The minimum absolute atomic E-state index is 0.184. The van der Waals surface area contributed by atoms with Gasteiger partial charge in [-0.2, -0.15) is 0 Å². The Morgan fingerprint density at radius 3 is 2.08 bits per heavy atom. The van der Waals surface area contributed by atoms with Gasteiger partial charge < -0.3 is 9.47 Å². The maximum atomic E-state index is 12.0. The molecule has 2 rings (SSSR count). The van der Waals surface area contributed by atoms with Crippen molar-refractivity contribution >= 4 is 23.8 Å². The third-order valence-electron chi connectivity index (χ3n) is 3.43. The predicted molar refractivity (Wildman–Crippen MR) is 96.8 cm³/mol. The van der Waals surface area contributed by atoms with E-state index in [-0.39, 0.29) is 13.2 Å². The summed E-state index contributed by atoms with van der Waals surface area (Å²) in [6, 6.07) is 17.3. The van der Waals surface area contributed by atoms with Crippen LogP contribution in [0.1, 0.15) is 13.8 Å². The van der Waals surface area contributed by atoms with E-state index in [0.717, 1.165) is 11.1 Å². The number of benzene rings is 2. The van der Waals surface area contributed by atoms with Crippen molar-refractivity contribution in [1.82, 2.24) is 0 Å². The number of hydrogen-bond donors (Lipinski definition) is 0. The normalized spacial score (nSPS) is 10.8. The third kappa shape index (κ3) is 5.01. The van der Waals surface area contributed by atoms with Gasteiger partial charge in [-0.3, -0.25) is 14.6 Å². The summed E-state index contributed by atoms with van der Waals surface area (Å²) < 4.78 is 9.89. The maximum absolute atomic E-state index is 12.0. The molecule has 0 aliphatic rings. The molecule has 25 heavy (non-hydrogen) atoms. The molecule has 0 bridgehead atoms. The molecule has 0 atom stereocenters. The molecule has 0 radical (unpaired) electrons. The zero-order valence-corrected chi connectivity index (χ0v) is 14.3. The second kappa shape index (κ2) is 9.37. The average Bonchev–Trinajstić information content (AvgIpc) is 2.63. The molecule has 0 aliphatic carbocycles. The standard InChI is InChI=1S/C20H21NO4/c1-3-24-19(22)17(20(23)25-4-2)14-21-18-13-9-8-12-16(18)15-10-6-5-7-11-15/h5-14,17H,3-4H2,1-2H3. The molecule has 0 aromatic heterocycles. The van der Waals surface area contributed by atoms with Gasteiger partial charge in [0, 0.05) is 11.8 Å². The van der Waals surface area contributed by atoms with Crippen molar-refractivity contribution in [2.75, 3.05) is 13.2 Å². The molecule has 5 nitrogen and oxygen atoms in total. The molecule has 5 heteroatoms. The first-order valence-electron chi connectivity index (χ1n) is 8.19. The summed E-state index contributed by atoms with van der Waals surface area (Å²) in [6.45, 7) is 3.73. The van der Waals surface area contributed by atoms with Crippen LogP contribution >= 0.6 is 0 Å². The van der Waals surface area contributed by atoms with E-state index in [1.807, 2.05) is 54.6 Å². The lowest BCUT2D eigenvalue weighted by Crippen LogP contribution is -2.29. The van der Waals surface area contributed by atoms with E-state index in [9.17, 15) is 9.59 Å². The van der Waals surface area contributed by atoms with Crippen molar-refractivity contribution < 1.29 is 19.1 Å². The lowest BCUT2D eigenvalue weighted by molar-refractivity contribution is -0.157. The van der Waals surface area contributed by atoms with Crippen molar-refractivity contribution in [3.8, 4) is 11.1 Å². The third-order valence-corrected chi connectivity index (χ3v) is 3.43. The molecule has 2 aromatic carbocycles. The molecule has 0 spiro atoms. The van der Waals surface area contributed by atoms with Gasteiger partial charge in [-0.1, -0.05) is 48.5 Å². The summed E-state index contributed by atoms with van der Waals surface area (Å²) >= 11 is 0. The lowest BCUT2D eigenvalue weighted by atomic mass is 10.0. The maximum Gasteiger partial charge on any atom is 0.325 e. The van der Waals surface area contributed by atoms with Crippen molar-refractivity contribution in [3.63, 3.8) is 0 Å². The number of hydrogen-bond acceptors (Lipinski definition) is 5. The Morgan fingerprint density at radius 1 is 0.920 bits per heavy atom. The van der Waals surface area contributed by atoms with Crippen molar-refractivity contribution in [2.24, 2.45) is 10.9 Å². The van der Waals surface area contributed by atoms with Crippen LogP contribution < -0.4 is 0 Å². The molecule has 0 N–H and O–H groups in total. The highest BCUT2D eigenvalue weighted by atomic mass is 16.6. The summed E-state index contributed by atoms with van der Waals surface area (Å²) in [5, 5.41) is 0. The Hall–Kier alpha value is -2.95. The Bertz CT molecular complexity index is 722. The zero-order chi connectivity index (χ0) is 18.1. The number of esters is 2. The van der Waals surface area contributed by atoms with E-state index < -0.39 is 17.9 Å². The van der Waals surface area contributed by atoms with Gasteiger partial charge in [0.25, 0.3) is 0 Å². The average molecular weight is 339 g/mol. The zero-order valence-electron chi connectivity index (χ0n) is 14.3. The first-order valence-corrected chi connectivity index (χ1v) is 8.19. The van der Waals surface area contributed by atoms with E-state index in [4.69, 9.17) is 9.47 Å². The Morgan fingerprint density at radius 2 is 1.48 bits per heavy atom. The van der Waals surface area contributed by atoms with Crippen LogP contribution in [0.25, 0.3) is 11.1 Å². The van der Waals surface area contributed by atoms with E-state index in [0.29, 0.717) is 5.69 Å². The van der Waals surface area contributed by atoms with Crippen LogP contribution in [-0.4, -0.2) is 31.4 Å². The van der Waals surface area contributed by atoms with E-state index in [1.165, 1.54) is 6.21 Å². The molecule has 0 saturated carbocycles. The number of para-hydroxylation sites is 1. The van der Waals surface area contributed by atoms with Crippen LogP contribution in [0.5, 0.6) is 0 Å². The van der Waals surface area contributed by atoms with Crippen LogP contribution in [0.3, 0.4) is 0 Å². The van der Waals surface area contributed by atoms with Gasteiger partial charge >= 0.3 is 11.9 Å². The number of aliphatic imine (C=N–C) groups is 1. The van der Waals surface area contributed by atoms with Crippen LogP contribution in [-0.2, 0) is 19.1 Å². The SMILES string of the molecule is CCOC(=O)C(C=Nc1ccccc1-c1ccccc1)C(=O)OCC. The summed E-state index contributed by atoms with van der Waals surface area (Å²) in [5.74, 6) is -2.51. The molecule has 0 aliphatic heterocycles. The highest BCUT2D eigenvalue weighted by molar-refractivity contribution is 6.09. The Balaban J connectivity index is 2.32. The molecular formula is C20H21NO4. The van der Waals surface area contributed by atoms with Gasteiger partial charge in [0.2, 0.25) is 0 Å². The second-order valence-electron chi connectivity index (χ2n) is 5.14. The first-order chi connectivity index (χ1) is 12.2. The number of carbonyl (C=O) groups excluding carboxylic acids is 2. The molecule has 0 unspecified atom stereocenters. The molecule has 0 saturated heterocycles. The van der Waals surface area contributed by atoms with Crippen LogP contribution in [0.2, 0.25) is 0 Å². The minimum Gasteiger partial charge on any atom is -0.465 e. The van der Waals surface area contributed by atoms with Gasteiger partial charge in [-0.15, -0.1) is 0 Å². The summed E-state index contributed by atoms with van der Waals surface area (Å²) in [6.07, 6.45) is 1.29. The van der Waals surface area contributed by atoms with Gasteiger partial charge in [0.15, 0.2) is 5.92 Å². The smallest absolute Gasteiger partial charge is 0.325 e. The van der Waals surface area contributed by atoms with E-state index >= 15 is 0 Å². The summed E-state index contributed by atoms with van der Waals surface area (Å²) in [7, 11) is 0. The fourth-order valence-corrected chi connectivity index (χ4v) is 2.28. The number of ether oxygens (including phenoxy) is 2. The highest BCUT2D eigenvalue weighted by Gasteiger charge is 2.27. The largest absolute Gasteiger partial charge is 0.465 e. The van der Waals surface area contributed by atoms with Crippen molar-refractivity contribution in [2.45, 2.75) is 13.8 Å². The number of carbonyl (C=O) groups is 2. The molecule has 130 valence electrons. The van der Waals surface area contributed by atoms with Gasteiger partial charge in [-0.25, -0.2) is 0 Å². The lowest BCUT2D eigenvalue weighted by Gasteiger charge is -2.11. The summed E-state index contributed by atoms with van der Waals surface area (Å²) in [4.78, 5) is 28.4. The van der Waals surface area contributed by atoms with Crippen LogP contribution in [0, 0.1) is 5.92 Å². The van der Waals surface area contributed by atoms with E-state index in [2.05, 4.69) is 4.99 Å². The molecule has 0 fully saturated rings. The van der Waals surface area contributed by atoms with Gasteiger partial charge in [0.1, 0.15) is 0 Å². The molecule has 2 aromatic rings. The fraction of sp³-hybridized carbons (Fsp3) is 0.250. The van der Waals surface area contributed by atoms with Gasteiger partial charge in [0.05, 0.1) is 18.9 Å². The van der Waals surface area contributed by atoms with Crippen molar-refractivity contribution in [1.29, 1.82) is 0 Å². The fourth-order valence-electron chi connectivity index (χ4n) is 2.28. The Kier molecular flexibility index (Phi) is 6.89. The quantitative estimate of drug-likeness (QED) is 0.437. The molecular weight excluding hydrogens is 318 g/mol. The molecule has 0 heterocycles. The summed E-state index contributed by atoms with van der Waals surface area (Å²) in [5.41, 5.74) is 2.57. The first kappa shape index (κ1) is 18.4. The van der Waals surface area contributed by atoms with Gasteiger partial charge in [-0.05, 0) is 25.5 Å². The van der Waals surface area contributed by atoms with Crippen LogP contribution in [0.4, 0.5) is 5.69 Å². The predicted octanol–water partition coefficient (Wildman–Crippen LogP) is 3.80. The van der Waals surface area contributed by atoms with E-state index in [1.54, 1.807) is 13.8 Å². The molecule has 0 amide bonds. The highest BCUT2D eigenvalue weighted by Crippen LogP contribution is 2.29. The van der Waals surface area contributed by atoms with Crippen molar-refractivity contribution in [3.05, 3.63) is 54.6 Å². The topological polar surface area (TPSA) is 65.0 Å². The second-order valence-corrected chi connectivity index (χ2v) is 5.14.